The summed E-state index contributed by atoms with van der Waals surface area (Å²) in [7, 11) is 0. The van der Waals surface area contributed by atoms with Crippen LogP contribution in [-0.4, -0.2) is 30.6 Å². The fourth-order valence-electron chi connectivity index (χ4n) is 2.46. The maximum absolute atomic E-state index is 5.45. The van der Waals surface area contributed by atoms with Crippen molar-refractivity contribution in [2.45, 2.75) is 45.2 Å². The van der Waals surface area contributed by atoms with E-state index in [1.54, 1.807) is 6.26 Å². The van der Waals surface area contributed by atoms with Gasteiger partial charge < -0.3 is 9.73 Å². The van der Waals surface area contributed by atoms with Gasteiger partial charge in [0.1, 0.15) is 5.76 Å². The highest BCUT2D eigenvalue weighted by Crippen LogP contribution is 2.11. The summed E-state index contributed by atoms with van der Waals surface area (Å²) in [4.78, 5) is 2.52. The molecule has 17 heavy (non-hydrogen) atoms. The predicted molar refractivity (Wildman–Crippen MR) is 69.9 cm³/mol. The summed E-state index contributed by atoms with van der Waals surface area (Å²) in [5, 5.41) is 3.57. The van der Waals surface area contributed by atoms with Gasteiger partial charge in [-0.15, -0.1) is 0 Å². The Labute approximate surface area is 104 Å². The molecule has 0 saturated carbocycles. The standard InChI is InChI=1S/C14H24N2O/c1-2-3-9-16(11-13-6-4-8-15-13)12-14-7-5-10-17-14/h5,7,10,13,15H,2-4,6,8-9,11-12H2,1H3. The fraction of sp³-hybridized carbons (Fsp3) is 0.714. The molecule has 1 aliphatic heterocycles. The van der Waals surface area contributed by atoms with Gasteiger partial charge in [0.15, 0.2) is 0 Å². The fourth-order valence-corrected chi connectivity index (χ4v) is 2.46. The van der Waals surface area contributed by atoms with Crippen molar-refractivity contribution in [3.63, 3.8) is 0 Å². The molecule has 2 rings (SSSR count). The Bertz CT molecular complexity index is 291. The molecular weight excluding hydrogens is 212 g/mol. The first kappa shape index (κ1) is 12.7. The average Bonchev–Trinajstić information content (AvgIpc) is 2.99. The summed E-state index contributed by atoms with van der Waals surface area (Å²) in [6, 6.07) is 4.73. The van der Waals surface area contributed by atoms with E-state index in [4.69, 9.17) is 4.42 Å². The van der Waals surface area contributed by atoms with Crippen LogP contribution in [-0.2, 0) is 6.54 Å². The summed E-state index contributed by atoms with van der Waals surface area (Å²) >= 11 is 0. The van der Waals surface area contributed by atoms with E-state index in [0.29, 0.717) is 6.04 Å². The number of furan rings is 1. The number of nitrogens with one attached hydrogen (secondary N) is 1. The van der Waals surface area contributed by atoms with E-state index in [2.05, 4.69) is 23.2 Å². The van der Waals surface area contributed by atoms with Gasteiger partial charge >= 0.3 is 0 Å². The van der Waals surface area contributed by atoms with E-state index in [9.17, 15) is 0 Å². The Kier molecular flexibility index (Phi) is 5.08. The van der Waals surface area contributed by atoms with Gasteiger partial charge in [0.25, 0.3) is 0 Å². The molecule has 1 atom stereocenters. The summed E-state index contributed by atoms with van der Waals surface area (Å²) in [6.07, 6.45) is 6.94. The Morgan fingerprint density at radius 1 is 1.53 bits per heavy atom. The summed E-state index contributed by atoms with van der Waals surface area (Å²) in [5.74, 6) is 1.08. The molecule has 1 aromatic rings. The van der Waals surface area contributed by atoms with Gasteiger partial charge in [-0.3, -0.25) is 4.90 Å². The molecule has 96 valence electrons. The molecule has 0 radical (unpaired) electrons. The smallest absolute Gasteiger partial charge is 0.117 e. The van der Waals surface area contributed by atoms with Gasteiger partial charge in [0, 0.05) is 12.6 Å². The van der Waals surface area contributed by atoms with Gasteiger partial charge in [-0.25, -0.2) is 0 Å². The van der Waals surface area contributed by atoms with Crippen LogP contribution in [0.3, 0.4) is 0 Å². The summed E-state index contributed by atoms with van der Waals surface area (Å²) < 4.78 is 5.45. The van der Waals surface area contributed by atoms with Crippen LogP contribution >= 0.6 is 0 Å². The summed E-state index contributed by atoms with van der Waals surface area (Å²) in [6.45, 7) is 6.72. The molecule has 1 N–H and O–H groups in total. The van der Waals surface area contributed by atoms with E-state index < -0.39 is 0 Å². The maximum Gasteiger partial charge on any atom is 0.117 e. The average molecular weight is 236 g/mol. The van der Waals surface area contributed by atoms with Crippen molar-refractivity contribution >= 4 is 0 Å². The molecule has 0 spiro atoms. The molecule has 1 aromatic heterocycles. The largest absolute Gasteiger partial charge is 0.468 e. The molecule has 0 amide bonds. The molecule has 1 saturated heterocycles. The van der Waals surface area contributed by atoms with E-state index >= 15 is 0 Å². The van der Waals surface area contributed by atoms with Gasteiger partial charge in [-0.1, -0.05) is 13.3 Å². The van der Waals surface area contributed by atoms with Gasteiger partial charge in [-0.05, 0) is 44.5 Å². The lowest BCUT2D eigenvalue weighted by atomic mass is 10.2. The van der Waals surface area contributed by atoms with Crippen LogP contribution in [0.2, 0.25) is 0 Å². The molecule has 0 aromatic carbocycles. The van der Waals surface area contributed by atoms with Crippen molar-refractivity contribution in [2.24, 2.45) is 0 Å². The molecule has 1 unspecified atom stereocenters. The number of hydrogen-bond donors (Lipinski definition) is 1. The minimum atomic E-state index is 0.682. The van der Waals surface area contributed by atoms with Crippen molar-refractivity contribution in [1.29, 1.82) is 0 Å². The van der Waals surface area contributed by atoms with Crippen molar-refractivity contribution in [1.82, 2.24) is 10.2 Å². The number of hydrogen-bond acceptors (Lipinski definition) is 3. The van der Waals surface area contributed by atoms with Crippen LogP contribution in [0.5, 0.6) is 0 Å². The minimum Gasteiger partial charge on any atom is -0.468 e. The van der Waals surface area contributed by atoms with Crippen LogP contribution in [0, 0.1) is 0 Å². The van der Waals surface area contributed by atoms with Crippen LogP contribution < -0.4 is 5.32 Å². The Morgan fingerprint density at radius 3 is 3.12 bits per heavy atom. The van der Waals surface area contributed by atoms with Crippen LogP contribution in [0.4, 0.5) is 0 Å². The Balaban J connectivity index is 1.83. The zero-order chi connectivity index (χ0) is 11.9. The van der Waals surface area contributed by atoms with Crippen molar-refractivity contribution in [2.75, 3.05) is 19.6 Å². The third-order valence-corrected chi connectivity index (χ3v) is 3.43. The van der Waals surface area contributed by atoms with Gasteiger partial charge in [0.05, 0.1) is 12.8 Å². The topological polar surface area (TPSA) is 28.4 Å². The quantitative estimate of drug-likeness (QED) is 0.789. The lowest BCUT2D eigenvalue weighted by molar-refractivity contribution is 0.220. The summed E-state index contributed by atoms with van der Waals surface area (Å²) in [5.41, 5.74) is 0. The molecule has 3 heteroatoms. The molecule has 3 nitrogen and oxygen atoms in total. The molecule has 1 fully saturated rings. The van der Waals surface area contributed by atoms with Crippen molar-refractivity contribution in [3.8, 4) is 0 Å². The van der Waals surface area contributed by atoms with Gasteiger partial charge in [-0.2, -0.15) is 0 Å². The van der Waals surface area contributed by atoms with E-state index in [1.807, 2.05) is 6.07 Å². The second kappa shape index (κ2) is 6.82. The van der Waals surface area contributed by atoms with Crippen LogP contribution in [0.1, 0.15) is 38.4 Å². The first-order valence-electron chi connectivity index (χ1n) is 6.86. The third-order valence-electron chi connectivity index (χ3n) is 3.43. The van der Waals surface area contributed by atoms with Crippen LogP contribution in [0.25, 0.3) is 0 Å². The number of unbranched alkanes of at least 4 members (excludes halogenated alkanes) is 1. The highest BCUT2D eigenvalue weighted by molar-refractivity contribution is 4.98. The molecule has 0 bridgehead atoms. The lowest BCUT2D eigenvalue weighted by Crippen LogP contribution is -2.37. The van der Waals surface area contributed by atoms with E-state index in [0.717, 1.165) is 18.8 Å². The van der Waals surface area contributed by atoms with Crippen LogP contribution in [0.15, 0.2) is 22.8 Å². The van der Waals surface area contributed by atoms with Crippen molar-refractivity contribution < 1.29 is 4.42 Å². The van der Waals surface area contributed by atoms with E-state index in [1.165, 1.54) is 38.8 Å². The lowest BCUT2D eigenvalue weighted by Gasteiger charge is -2.24. The molecule has 2 heterocycles. The number of nitrogens with zero attached hydrogens (tertiary/aromatic N) is 1. The predicted octanol–water partition coefficient (Wildman–Crippen LogP) is 2.63. The zero-order valence-corrected chi connectivity index (χ0v) is 10.8. The third kappa shape index (κ3) is 4.17. The highest BCUT2D eigenvalue weighted by atomic mass is 16.3. The highest BCUT2D eigenvalue weighted by Gasteiger charge is 2.18. The molecule has 1 aliphatic rings. The maximum atomic E-state index is 5.45. The minimum absolute atomic E-state index is 0.682. The molecule has 0 aliphatic carbocycles. The normalized spacial score (nSPS) is 20.2. The SMILES string of the molecule is CCCCN(Cc1ccco1)CC1CCCN1. The first-order chi connectivity index (χ1) is 8.38. The second-order valence-electron chi connectivity index (χ2n) is 4.96. The first-order valence-corrected chi connectivity index (χ1v) is 6.86. The monoisotopic (exact) mass is 236 g/mol. The van der Waals surface area contributed by atoms with E-state index in [-0.39, 0.29) is 0 Å². The molecular formula is C14H24N2O. The second-order valence-corrected chi connectivity index (χ2v) is 4.96. The van der Waals surface area contributed by atoms with Crippen molar-refractivity contribution in [3.05, 3.63) is 24.2 Å². The van der Waals surface area contributed by atoms with Gasteiger partial charge in [0.2, 0.25) is 0 Å². The Morgan fingerprint density at radius 2 is 2.47 bits per heavy atom. The zero-order valence-electron chi connectivity index (χ0n) is 10.8. The number of rotatable bonds is 7. The Hall–Kier alpha value is -0.800.